The third-order valence-corrected chi connectivity index (χ3v) is 11.9. The van der Waals surface area contributed by atoms with Gasteiger partial charge in [0.2, 0.25) is 11.7 Å². The van der Waals surface area contributed by atoms with E-state index in [4.69, 9.17) is 24.2 Å². The first-order chi connectivity index (χ1) is 28.7. The normalized spacial score (nSPS) is 23.6. The Labute approximate surface area is 346 Å². The molecule has 1 saturated carbocycles. The van der Waals surface area contributed by atoms with Crippen LogP contribution >= 0.6 is 0 Å². The largest absolute Gasteiger partial charge is 0.508 e. The van der Waals surface area contributed by atoms with Crippen molar-refractivity contribution in [3.63, 3.8) is 0 Å². The molecular formula is C46H57N3O10. The zero-order valence-electron chi connectivity index (χ0n) is 34.0. The van der Waals surface area contributed by atoms with Crippen molar-refractivity contribution >= 4 is 17.3 Å². The van der Waals surface area contributed by atoms with Gasteiger partial charge in [-0.15, -0.1) is 6.58 Å². The van der Waals surface area contributed by atoms with Crippen molar-refractivity contribution in [1.29, 1.82) is 0 Å². The maximum atomic E-state index is 14.8. The number of aromatic hydroxyl groups is 1. The van der Waals surface area contributed by atoms with E-state index in [0.717, 1.165) is 42.4 Å². The van der Waals surface area contributed by atoms with Crippen LogP contribution in [-0.2, 0) is 27.4 Å². The molecule has 0 bridgehead atoms. The number of methoxy groups -OCH3 is 1. The lowest BCUT2D eigenvalue weighted by Gasteiger charge is -2.60. The number of carbonyl (C=O) groups excluding carboxylic acids is 1. The molecule has 6 atom stereocenters. The van der Waals surface area contributed by atoms with E-state index < -0.39 is 22.7 Å². The molecular weight excluding hydrogens is 755 g/mol. The molecule has 3 N–H and O–H groups in total. The lowest BCUT2D eigenvalue weighted by molar-refractivity contribution is -0.384. The van der Waals surface area contributed by atoms with Crippen molar-refractivity contribution < 1.29 is 44.1 Å². The fraction of sp³-hybridized carbons (Fsp3) is 0.478. The van der Waals surface area contributed by atoms with Crippen LogP contribution in [0.1, 0.15) is 80.9 Å². The van der Waals surface area contributed by atoms with E-state index in [2.05, 4.69) is 12.7 Å². The van der Waals surface area contributed by atoms with Gasteiger partial charge in [-0.05, 0) is 103 Å². The van der Waals surface area contributed by atoms with Crippen molar-refractivity contribution in [1.82, 2.24) is 4.90 Å². The van der Waals surface area contributed by atoms with Crippen LogP contribution in [0.2, 0.25) is 0 Å². The van der Waals surface area contributed by atoms with Gasteiger partial charge in [0, 0.05) is 49.8 Å². The first kappa shape index (κ1) is 43.3. The Morgan fingerprint density at radius 2 is 1.81 bits per heavy atom. The van der Waals surface area contributed by atoms with Crippen LogP contribution in [0.25, 0.3) is 0 Å². The number of benzene rings is 3. The summed E-state index contributed by atoms with van der Waals surface area (Å²) < 4.78 is 19.7. The summed E-state index contributed by atoms with van der Waals surface area (Å²) in [7, 11) is 1.59. The predicted octanol–water partition coefficient (Wildman–Crippen LogP) is 7.62. The van der Waals surface area contributed by atoms with Crippen LogP contribution in [0.3, 0.4) is 0 Å². The number of nitro benzene ring substituents is 1. The van der Waals surface area contributed by atoms with Gasteiger partial charge in [0.05, 0.1) is 36.7 Å². The van der Waals surface area contributed by atoms with Crippen LogP contribution in [0.4, 0.5) is 5.69 Å². The van der Waals surface area contributed by atoms with Gasteiger partial charge in [-0.1, -0.05) is 49.2 Å². The molecule has 13 nitrogen and oxygen atoms in total. The molecule has 59 heavy (non-hydrogen) atoms. The molecule has 1 aliphatic heterocycles. The van der Waals surface area contributed by atoms with E-state index in [0.29, 0.717) is 48.6 Å². The number of nitro groups is 1. The van der Waals surface area contributed by atoms with E-state index in [1.807, 2.05) is 36.1 Å². The fourth-order valence-electron chi connectivity index (χ4n) is 9.31. The number of amides is 1. The fourth-order valence-corrected chi connectivity index (χ4v) is 9.31. The van der Waals surface area contributed by atoms with E-state index in [1.165, 1.54) is 12.1 Å². The van der Waals surface area contributed by atoms with E-state index >= 15 is 0 Å². The Morgan fingerprint density at radius 1 is 1.05 bits per heavy atom. The number of hydrogen-bond donors (Lipinski definition) is 3. The highest BCUT2D eigenvalue weighted by Crippen LogP contribution is 2.62. The Morgan fingerprint density at radius 3 is 2.51 bits per heavy atom. The molecule has 1 heterocycles. The zero-order chi connectivity index (χ0) is 41.9. The van der Waals surface area contributed by atoms with Crippen LogP contribution in [-0.4, -0.2) is 82.1 Å². The standard InChI is InChI=1S/C46H57N3O10/c1-4-21-48(43(53)26-32-11-10-13-36(25-32)56-3)42-29-40(47-58-30-31-15-17-34(18-16-31)49(54)55)38-27-33(12-6-8-22-50)37(14-7-9-23-51)44-39-28-35(52)19-20-41(39)59-46(42,45(38)44)57-24-5-2/h5,10-11,13,15-20,25,27-28,33,37,42,44-45,50-52H,2,4,6-9,12,14,21-24,26,29-30H2,1,3H3. The van der Waals surface area contributed by atoms with Gasteiger partial charge >= 0.3 is 0 Å². The summed E-state index contributed by atoms with van der Waals surface area (Å²) in [5.74, 6) is -0.984. The maximum absolute atomic E-state index is 14.8. The van der Waals surface area contributed by atoms with E-state index in [1.54, 1.807) is 43.5 Å². The van der Waals surface area contributed by atoms with Gasteiger partial charge in [-0.3, -0.25) is 14.9 Å². The number of nitrogens with zero attached hydrogens (tertiary/aromatic N) is 3. The molecule has 13 heteroatoms. The number of carbonyl (C=O) groups is 1. The number of fused-ring (bicyclic) bond motifs is 2. The van der Waals surface area contributed by atoms with Crippen LogP contribution in [0.15, 0.2) is 96.2 Å². The molecule has 0 radical (unpaired) electrons. The molecule has 0 aromatic heterocycles. The van der Waals surface area contributed by atoms with Crippen molar-refractivity contribution in [2.45, 2.75) is 89.1 Å². The van der Waals surface area contributed by atoms with Crippen molar-refractivity contribution in [3.05, 3.63) is 118 Å². The molecule has 6 unspecified atom stereocenters. The second-order valence-corrected chi connectivity index (χ2v) is 15.6. The van der Waals surface area contributed by atoms with Gasteiger partial charge < -0.3 is 39.3 Å². The first-order valence-corrected chi connectivity index (χ1v) is 20.7. The summed E-state index contributed by atoms with van der Waals surface area (Å²) >= 11 is 0. The van der Waals surface area contributed by atoms with Gasteiger partial charge in [0.1, 0.15) is 29.9 Å². The summed E-state index contributed by atoms with van der Waals surface area (Å²) in [5.41, 5.74) is 3.80. The molecule has 0 spiro atoms. The molecule has 0 saturated heterocycles. The number of phenols is 1. The summed E-state index contributed by atoms with van der Waals surface area (Å²) in [4.78, 5) is 33.6. The highest BCUT2D eigenvalue weighted by atomic mass is 16.7. The summed E-state index contributed by atoms with van der Waals surface area (Å²) in [5, 5.41) is 46.8. The molecule has 6 rings (SSSR count). The number of hydrogen-bond acceptors (Lipinski definition) is 11. The number of oxime groups is 1. The highest BCUT2D eigenvalue weighted by molar-refractivity contribution is 6.03. The maximum Gasteiger partial charge on any atom is 0.269 e. The van der Waals surface area contributed by atoms with Gasteiger partial charge in [-0.2, -0.15) is 0 Å². The number of aliphatic hydroxyl groups is 2. The summed E-state index contributed by atoms with van der Waals surface area (Å²) in [6, 6.07) is 18.1. The zero-order valence-corrected chi connectivity index (χ0v) is 34.0. The molecule has 2 aliphatic carbocycles. The van der Waals surface area contributed by atoms with Crippen molar-refractivity contribution in [2.24, 2.45) is 22.9 Å². The average molecular weight is 812 g/mol. The number of aliphatic hydroxyl groups excluding tert-OH is 2. The number of unbranched alkanes of at least 4 members (excludes halogenated alkanes) is 2. The quantitative estimate of drug-likeness (QED) is 0.0420. The first-order valence-electron chi connectivity index (χ1n) is 20.7. The second kappa shape index (κ2) is 20.1. The SMILES string of the molecule is C=CCOC12Oc3ccc(O)cc3C3C(CCCCO)C(CCCCO)C=C(C(=NOCc4ccc([N+](=O)[O-])cc4)CC1N(CCC)C(=O)Cc1cccc(OC)c1)C32. The lowest BCUT2D eigenvalue weighted by atomic mass is 9.55. The molecule has 316 valence electrons. The topological polar surface area (TPSA) is 173 Å². The monoisotopic (exact) mass is 811 g/mol. The molecule has 3 aromatic rings. The minimum Gasteiger partial charge on any atom is -0.508 e. The summed E-state index contributed by atoms with van der Waals surface area (Å²) in [6.07, 6.45) is 9.30. The lowest BCUT2D eigenvalue weighted by Crippen LogP contribution is -2.70. The van der Waals surface area contributed by atoms with Crippen molar-refractivity contribution in [3.8, 4) is 17.2 Å². The van der Waals surface area contributed by atoms with Crippen LogP contribution in [0.5, 0.6) is 17.2 Å². The van der Waals surface area contributed by atoms with Gasteiger partial charge in [0.15, 0.2) is 0 Å². The Bertz CT molecular complexity index is 1980. The second-order valence-electron chi connectivity index (χ2n) is 15.6. The number of ether oxygens (including phenoxy) is 3. The number of rotatable bonds is 21. The van der Waals surface area contributed by atoms with Crippen LogP contribution in [0, 0.1) is 27.9 Å². The van der Waals surface area contributed by atoms with E-state index in [9.17, 15) is 30.2 Å². The molecule has 3 aliphatic rings. The third kappa shape index (κ3) is 9.64. The highest BCUT2D eigenvalue weighted by Gasteiger charge is 2.65. The van der Waals surface area contributed by atoms with Crippen LogP contribution < -0.4 is 9.47 Å². The minimum atomic E-state index is -1.42. The number of phenolic OH excluding ortho intramolecular Hbond substituents is 1. The van der Waals surface area contributed by atoms with Gasteiger partial charge in [0.25, 0.3) is 5.69 Å². The predicted molar refractivity (Wildman–Crippen MR) is 223 cm³/mol. The number of allylic oxidation sites excluding steroid dienone is 1. The Balaban J connectivity index is 1.54. The smallest absolute Gasteiger partial charge is 0.269 e. The third-order valence-electron chi connectivity index (χ3n) is 11.9. The molecule has 1 fully saturated rings. The molecule has 1 amide bonds. The van der Waals surface area contributed by atoms with E-state index in [-0.39, 0.29) is 74.4 Å². The molecule has 3 aromatic carbocycles. The average Bonchev–Trinajstić information content (AvgIpc) is 3.24. The summed E-state index contributed by atoms with van der Waals surface area (Å²) in [6.45, 7) is 6.74. The Hall–Kier alpha value is -5.24. The van der Waals surface area contributed by atoms with Gasteiger partial charge in [-0.25, -0.2) is 0 Å². The minimum absolute atomic E-state index is 0.0123. The number of non-ortho nitro benzene ring substituents is 1. The van der Waals surface area contributed by atoms with Crippen molar-refractivity contribution in [2.75, 3.05) is 33.5 Å². The Kier molecular flexibility index (Phi) is 14.8.